The molecule has 0 atom stereocenters. The molecule has 0 aliphatic carbocycles. The van der Waals surface area contributed by atoms with Gasteiger partial charge < -0.3 is 9.15 Å². The van der Waals surface area contributed by atoms with Crippen molar-refractivity contribution in [2.24, 2.45) is 0 Å². The lowest BCUT2D eigenvalue weighted by Gasteiger charge is -2.04. The van der Waals surface area contributed by atoms with Crippen LogP contribution in [-0.2, 0) is 6.61 Å². The fourth-order valence-corrected chi connectivity index (χ4v) is 1.48. The van der Waals surface area contributed by atoms with Gasteiger partial charge in [-0.15, -0.1) is 0 Å². The monoisotopic (exact) mass is 249 g/mol. The zero-order chi connectivity index (χ0) is 13.1. The Bertz CT molecular complexity index is 558. The molecular weight excluding hydrogens is 237 g/mol. The van der Waals surface area contributed by atoms with Gasteiger partial charge in [-0.2, -0.15) is 0 Å². The van der Waals surface area contributed by atoms with E-state index in [2.05, 4.69) is 4.98 Å². The molecule has 2 aromatic rings. The smallest absolute Gasteiger partial charge is 0.232 e. The normalized spacial score (nSPS) is 10.4. The Morgan fingerprint density at radius 1 is 1.39 bits per heavy atom. The van der Waals surface area contributed by atoms with Gasteiger partial charge in [0.2, 0.25) is 5.89 Å². The van der Waals surface area contributed by atoms with Gasteiger partial charge in [0.15, 0.2) is 6.61 Å². The van der Waals surface area contributed by atoms with Crippen molar-refractivity contribution in [2.75, 3.05) is 0 Å². The standard InChI is InChI=1S/C13H12FNO3/c1-8-9(2)18-13(15-8)7-17-12-4-10(6-16)3-11(14)5-12/h3-6H,7H2,1-2H3. The minimum absolute atomic E-state index is 0.0937. The van der Waals surface area contributed by atoms with Gasteiger partial charge in [0, 0.05) is 11.6 Å². The number of hydrogen-bond donors (Lipinski definition) is 0. The Hall–Kier alpha value is -2.17. The Labute approximate surface area is 103 Å². The van der Waals surface area contributed by atoms with Crippen LogP contribution in [0.2, 0.25) is 0 Å². The third-order valence-electron chi connectivity index (χ3n) is 2.46. The Morgan fingerprint density at radius 3 is 2.78 bits per heavy atom. The quantitative estimate of drug-likeness (QED) is 0.782. The number of aryl methyl sites for hydroxylation is 2. The van der Waals surface area contributed by atoms with Gasteiger partial charge in [0.25, 0.3) is 0 Å². The van der Waals surface area contributed by atoms with E-state index in [9.17, 15) is 9.18 Å². The molecule has 0 fully saturated rings. The van der Waals surface area contributed by atoms with Crippen LogP contribution in [0, 0.1) is 19.7 Å². The molecule has 5 heteroatoms. The largest absolute Gasteiger partial charge is 0.484 e. The van der Waals surface area contributed by atoms with E-state index in [-0.39, 0.29) is 17.9 Å². The average molecular weight is 249 g/mol. The lowest BCUT2D eigenvalue weighted by Crippen LogP contribution is -1.97. The van der Waals surface area contributed by atoms with Crippen molar-refractivity contribution in [1.82, 2.24) is 4.98 Å². The van der Waals surface area contributed by atoms with Crippen LogP contribution in [-0.4, -0.2) is 11.3 Å². The number of hydrogen-bond acceptors (Lipinski definition) is 4. The van der Waals surface area contributed by atoms with E-state index in [0.717, 1.165) is 17.5 Å². The minimum atomic E-state index is -0.519. The van der Waals surface area contributed by atoms with Gasteiger partial charge in [-0.05, 0) is 26.0 Å². The number of rotatable bonds is 4. The van der Waals surface area contributed by atoms with Crippen LogP contribution in [0.4, 0.5) is 4.39 Å². The van der Waals surface area contributed by atoms with E-state index in [4.69, 9.17) is 9.15 Å². The number of ether oxygens (including phenoxy) is 1. The molecule has 0 bridgehead atoms. The molecule has 0 aliphatic rings. The van der Waals surface area contributed by atoms with Crippen molar-refractivity contribution in [3.8, 4) is 5.75 Å². The van der Waals surface area contributed by atoms with Crippen LogP contribution in [0.25, 0.3) is 0 Å². The molecule has 0 aliphatic heterocycles. The molecule has 0 saturated carbocycles. The molecule has 0 amide bonds. The topological polar surface area (TPSA) is 52.3 Å². The molecule has 0 spiro atoms. The summed E-state index contributed by atoms with van der Waals surface area (Å²) in [6.45, 7) is 3.73. The number of carbonyl (C=O) groups is 1. The maximum absolute atomic E-state index is 13.1. The molecule has 4 nitrogen and oxygen atoms in total. The maximum Gasteiger partial charge on any atom is 0.232 e. The number of halogens is 1. The highest BCUT2D eigenvalue weighted by Crippen LogP contribution is 2.17. The van der Waals surface area contributed by atoms with Crippen LogP contribution in [0.1, 0.15) is 27.7 Å². The molecule has 0 radical (unpaired) electrons. The molecule has 2 rings (SSSR count). The van der Waals surface area contributed by atoms with E-state index in [1.54, 1.807) is 6.92 Å². The summed E-state index contributed by atoms with van der Waals surface area (Å²) >= 11 is 0. The summed E-state index contributed by atoms with van der Waals surface area (Å²) in [5.74, 6) is 0.892. The lowest BCUT2D eigenvalue weighted by atomic mass is 10.2. The highest BCUT2D eigenvalue weighted by molar-refractivity contribution is 5.75. The summed E-state index contributed by atoms with van der Waals surface area (Å²) in [5, 5.41) is 0. The second-order valence-corrected chi connectivity index (χ2v) is 3.88. The van der Waals surface area contributed by atoms with Crippen molar-refractivity contribution >= 4 is 6.29 Å². The van der Waals surface area contributed by atoms with E-state index in [1.807, 2.05) is 6.92 Å². The van der Waals surface area contributed by atoms with Crippen molar-refractivity contribution in [3.05, 3.63) is 46.9 Å². The molecule has 0 saturated heterocycles. The van der Waals surface area contributed by atoms with Crippen molar-refractivity contribution in [2.45, 2.75) is 20.5 Å². The van der Waals surface area contributed by atoms with Gasteiger partial charge >= 0.3 is 0 Å². The first-order chi connectivity index (χ1) is 8.58. The van der Waals surface area contributed by atoms with Gasteiger partial charge in [-0.3, -0.25) is 4.79 Å². The average Bonchev–Trinajstić information content (AvgIpc) is 2.65. The maximum atomic E-state index is 13.1. The summed E-state index contributed by atoms with van der Waals surface area (Å²) in [6, 6.07) is 3.80. The number of aldehydes is 1. The first-order valence-electron chi connectivity index (χ1n) is 5.40. The zero-order valence-corrected chi connectivity index (χ0v) is 10.1. The van der Waals surface area contributed by atoms with E-state index in [0.29, 0.717) is 12.2 Å². The van der Waals surface area contributed by atoms with Crippen LogP contribution >= 0.6 is 0 Å². The fourth-order valence-electron chi connectivity index (χ4n) is 1.48. The third kappa shape index (κ3) is 2.74. The van der Waals surface area contributed by atoms with Crippen LogP contribution in [0.3, 0.4) is 0 Å². The summed E-state index contributed by atoms with van der Waals surface area (Å²) in [5.41, 5.74) is 1.02. The molecule has 0 N–H and O–H groups in total. The zero-order valence-electron chi connectivity index (χ0n) is 10.1. The molecule has 94 valence electrons. The third-order valence-corrected chi connectivity index (χ3v) is 2.46. The number of oxazole rings is 1. The summed E-state index contributed by atoms with van der Waals surface area (Å²) in [7, 11) is 0. The van der Waals surface area contributed by atoms with Crippen molar-refractivity contribution in [1.29, 1.82) is 0 Å². The van der Waals surface area contributed by atoms with E-state index in [1.165, 1.54) is 12.1 Å². The lowest BCUT2D eigenvalue weighted by molar-refractivity contribution is 0.112. The predicted molar refractivity (Wildman–Crippen MR) is 62.1 cm³/mol. The Morgan fingerprint density at radius 2 is 2.17 bits per heavy atom. The molecule has 0 unspecified atom stereocenters. The van der Waals surface area contributed by atoms with Crippen LogP contribution < -0.4 is 4.74 Å². The Balaban J connectivity index is 2.10. The molecule has 1 aromatic carbocycles. The molecule has 18 heavy (non-hydrogen) atoms. The summed E-state index contributed by atoms with van der Waals surface area (Å²) in [6.07, 6.45) is 0.565. The van der Waals surface area contributed by atoms with Gasteiger partial charge in [-0.1, -0.05) is 0 Å². The number of benzene rings is 1. The molecular formula is C13H12FNO3. The second-order valence-electron chi connectivity index (χ2n) is 3.88. The second kappa shape index (κ2) is 5.00. The van der Waals surface area contributed by atoms with E-state index >= 15 is 0 Å². The van der Waals surface area contributed by atoms with Crippen LogP contribution in [0.5, 0.6) is 5.75 Å². The summed E-state index contributed by atoms with van der Waals surface area (Å²) in [4.78, 5) is 14.7. The van der Waals surface area contributed by atoms with Gasteiger partial charge in [0.05, 0.1) is 5.69 Å². The fraction of sp³-hybridized carbons (Fsp3) is 0.231. The molecule has 1 aromatic heterocycles. The number of nitrogens with zero attached hydrogens (tertiary/aromatic N) is 1. The van der Waals surface area contributed by atoms with E-state index < -0.39 is 5.82 Å². The van der Waals surface area contributed by atoms with Crippen molar-refractivity contribution < 1.29 is 18.3 Å². The Kier molecular flexibility index (Phi) is 3.41. The first-order valence-corrected chi connectivity index (χ1v) is 5.40. The highest BCUT2D eigenvalue weighted by atomic mass is 19.1. The predicted octanol–water partition coefficient (Wildman–Crippen LogP) is 2.82. The number of aromatic nitrogens is 1. The van der Waals surface area contributed by atoms with Crippen LogP contribution in [0.15, 0.2) is 22.6 Å². The number of carbonyl (C=O) groups excluding carboxylic acids is 1. The summed E-state index contributed by atoms with van der Waals surface area (Å²) < 4.78 is 23.8. The SMILES string of the molecule is Cc1nc(COc2cc(F)cc(C=O)c2)oc1C. The highest BCUT2D eigenvalue weighted by Gasteiger charge is 2.07. The molecule has 1 heterocycles. The van der Waals surface area contributed by atoms with Gasteiger partial charge in [0.1, 0.15) is 23.6 Å². The minimum Gasteiger partial charge on any atom is -0.484 e. The first kappa shape index (κ1) is 12.3. The van der Waals surface area contributed by atoms with Crippen molar-refractivity contribution in [3.63, 3.8) is 0 Å². The van der Waals surface area contributed by atoms with Gasteiger partial charge in [-0.25, -0.2) is 9.37 Å².